The zero-order valence-corrected chi connectivity index (χ0v) is 22.3. The molecule has 2 fully saturated rings. The van der Waals surface area contributed by atoms with Gasteiger partial charge in [0.15, 0.2) is 0 Å². The maximum absolute atomic E-state index is 13.7. The van der Waals surface area contributed by atoms with E-state index in [0.717, 1.165) is 34.6 Å². The molecular formula is C26H29BrClN5O3. The van der Waals surface area contributed by atoms with Crippen LogP contribution in [0.25, 0.3) is 0 Å². The van der Waals surface area contributed by atoms with Gasteiger partial charge in [-0.25, -0.2) is 4.79 Å². The van der Waals surface area contributed by atoms with Crippen LogP contribution in [0.2, 0.25) is 5.02 Å². The molecule has 1 aromatic carbocycles. The van der Waals surface area contributed by atoms with Gasteiger partial charge in [-0.3, -0.25) is 9.78 Å². The van der Waals surface area contributed by atoms with E-state index in [2.05, 4.69) is 44.6 Å². The molecule has 0 radical (unpaired) electrons. The van der Waals surface area contributed by atoms with Crippen molar-refractivity contribution in [3.63, 3.8) is 0 Å². The number of amides is 3. The molecule has 2 saturated heterocycles. The highest BCUT2D eigenvalue weighted by molar-refractivity contribution is 9.10. The summed E-state index contributed by atoms with van der Waals surface area (Å²) in [6.07, 6.45) is 5.43. The Bertz CT molecular complexity index is 1120. The van der Waals surface area contributed by atoms with Gasteiger partial charge in [-0.1, -0.05) is 17.7 Å². The van der Waals surface area contributed by atoms with Gasteiger partial charge in [0.25, 0.3) is 0 Å². The molecule has 1 unspecified atom stereocenters. The van der Waals surface area contributed by atoms with Crippen molar-refractivity contribution in [2.24, 2.45) is 11.1 Å². The predicted octanol–water partition coefficient (Wildman–Crippen LogP) is 4.52. The van der Waals surface area contributed by atoms with E-state index < -0.39 is 6.03 Å². The third kappa shape index (κ3) is 5.19. The summed E-state index contributed by atoms with van der Waals surface area (Å²) >= 11 is 9.96. The van der Waals surface area contributed by atoms with Gasteiger partial charge in [0.1, 0.15) is 0 Å². The number of hydrogen-bond acceptors (Lipinski definition) is 5. The number of aryl methyl sites for hydroxylation is 2. The molecule has 36 heavy (non-hydrogen) atoms. The average molecular weight is 575 g/mol. The molecule has 10 heteroatoms. The molecule has 5 rings (SSSR count). The van der Waals surface area contributed by atoms with E-state index in [1.165, 1.54) is 21.6 Å². The lowest BCUT2D eigenvalue weighted by atomic mass is 9.83. The number of carbonyl (C=O) groups is 2. The van der Waals surface area contributed by atoms with E-state index in [-0.39, 0.29) is 23.8 Å². The largest absolute Gasteiger partial charge is 0.381 e. The van der Waals surface area contributed by atoms with Crippen molar-refractivity contribution in [1.29, 1.82) is 0 Å². The molecule has 0 bridgehead atoms. The lowest BCUT2D eigenvalue weighted by Gasteiger charge is -2.42. The molecule has 0 spiro atoms. The fourth-order valence-electron chi connectivity index (χ4n) is 5.96. The summed E-state index contributed by atoms with van der Waals surface area (Å²) in [7, 11) is 0. The lowest BCUT2D eigenvalue weighted by Crippen LogP contribution is -2.56. The first-order valence-corrected chi connectivity index (χ1v) is 13.7. The number of rotatable bonds is 3. The number of halogens is 2. The van der Waals surface area contributed by atoms with Crippen molar-refractivity contribution in [2.75, 3.05) is 32.7 Å². The summed E-state index contributed by atoms with van der Waals surface area (Å²) < 4.78 is 0.952. The van der Waals surface area contributed by atoms with Crippen LogP contribution >= 0.6 is 27.5 Å². The molecular weight excluding hydrogens is 546 g/mol. The second-order valence-corrected chi connectivity index (χ2v) is 11.2. The molecule has 0 saturated carbocycles. The summed E-state index contributed by atoms with van der Waals surface area (Å²) in [5.41, 5.74) is 4.62. The molecule has 2 aromatic rings. The van der Waals surface area contributed by atoms with E-state index in [9.17, 15) is 14.5 Å². The normalized spacial score (nSPS) is 22.4. The number of piperazine rings is 1. The zero-order chi connectivity index (χ0) is 25.2. The molecule has 1 aliphatic carbocycles. The number of hydrogen-bond donors (Lipinski definition) is 1. The minimum absolute atomic E-state index is 0.0576. The fraction of sp³-hybridized carbons (Fsp3) is 0.500. The molecule has 2 atom stereocenters. The molecule has 2 aliphatic heterocycles. The van der Waals surface area contributed by atoms with E-state index in [0.29, 0.717) is 45.4 Å². The van der Waals surface area contributed by atoms with Gasteiger partial charge < -0.3 is 15.1 Å². The summed E-state index contributed by atoms with van der Waals surface area (Å²) in [6, 6.07) is 7.45. The lowest BCUT2D eigenvalue weighted by molar-refractivity contribution is -0.136. The third-order valence-corrected chi connectivity index (χ3v) is 8.45. The summed E-state index contributed by atoms with van der Waals surface area (Å²) in [6.45, 7) is 3.02. The Balaban J connectivity index is 1.42. The Hall–Kier alpha value is -2.36. The van der Waals surface area contributed by atoms with E-state index >= 15 is 0 Å². The number of nitrogens with zero attached hydrogens (tertiary/aromatic N) is 4. The minimum atomic E-state index is -0.716. The van der Waals surface area contributed by atoms with Crippen LogP contribution in [0.3, 0.4) is 0 Å². The highest BCUT2D eigenvalue weighted by Crippen LogP contribution is 2.39. The van der Waals surface area contributed by atoms with Gasteiger partial charge in [-0.15, -0.1) is 4.91 Å². The highest BCUT2D eigenvalue weighted by Gasteiger charge is 2.39. The molecule has 190 valence electrons. The number of benzene rings is 1. The van der Waals surface area contributed by atoms with Crippen LogP contribution in [0.15, 0.2) is 40.1 Å². The van der Waals surface area contributed by atoms with Crippen LogP contribution in [-0.4, -0.2) is 65.5 Å². The molecule has 1 N–H and O–H groups in total. The Morgan fingerprint density at radius 1 is 1.14 bits per heavy atom. The van der Waals surface area contributed by atoms with Crippen LogP contribution in [0.1, 0.15) is 47.6 Å². The first-order chi connectivity index (χ1) is 17.4. The molecule has 8 nitrogen and oxygen atoms in total. The number of fused-ring (bicyclic) bond motifs is 2. The Morgan fingerprint density at radius 2 is 1.92 bits per heavy atom. The summed E-state index contributed by atoms with van der Waals surface area (Å²) in [5, 5.41) is 6.75. The van der Waals surface area contributed by atoms with Gasteiger partial charge in [-0.05, 0) is 82.4 Å². The van der Waals surface area contributed by atoms with Crippen molar-refractivity contribution < 1.29 is 9.59 Å². The Morgan fingerprint density at radius 3 is 2.69 bits per heavy atom. The number of likely N-dealkylation sites (tertiary alicyclic amines) is 1. The van der Waals surface area contributed by atoms with Gasteiger partial charge in [0.05, 0.1) is 11.7 Å². The second kappa shape index (κ2) is 10.9. The van der Waals surface area contributed by atoms with E-state index in [1.807, 2.05) is 17.2 Å². The topological polar surface area (TPSA) is 95.0 Å². The van der Waals surface area contributed by atoms with Gasteiger partial charge in [-0.2, -0.15) is 0 Å². The van der Waals surface area contributed by atoms with Crippen LogP contribution in [0, 0.1) is 10.8 Å². The molecule has 3 amide bonds. The zero-order valence-electron chi connectivity index (χ0n) is 20.0. The number of aromatic nitrogens is 1. The first kappa shape index (κ1) is 25.3. The summed E-state index contributed by atoms with van der Waals surface area (Å²) in [5.74, 6) is 0.265. The minimum Gasteiger partial charge on any atom is -0.336 e. The monoisotopic (exact) mass is 573 g/mol. The van der Waals surface area contributed by atoms with E-state index in [4.69, 9.17) is 16.6 Å². The SMILES string of the molecule is O=NC(=O)N1CCC(CC(=O)N2CCNCC2[C@@H]2c3ccc(Cl)cc3CCc3cc(Br)cnc32)CC1. The van der Waals surface area contributed by atoms with Crippen LogP contribution < -0.4 is 5.32 Å². The number of carbonyl (C=O) groups excluding carboxylic acids is 2. The van der Waals surface area contributed by atoms with Gasteiger partial charge in [0.2, 0.25) is 5.91 Å². The van der Waals surface area contributed by atoms with Crippen LogP contribution in [-0.2, 0) is 17.6 Å². The van der Waals surface area contributed by atoms with Crippen LogP contribution in [0.4, 0.5) is 4.79 Å². The number of nitrogens with one attached hydrogen (secondary N) is 1. The van der Waals surface area contributed by atoms with Crippen molar-refractivity contribution in [3.8, 4) is 0 Å². The van der Waals surface area contributed by atoms with E-state index in [1.54, 1.807) is 0 Å². The summed E-state index contributed by atoms with van der Waals surface area (Å²) in [4.78, 5) is 44.3. The highest BCUT2D eigenvalue weighted by atomic mass is 79.9. The molecule has 1 aromatic heterocycles. The van der Waals surface area contributed by atoms with Gasteiger partial charge in [0, 0.05) is 65.9 Å². The van der Waals surface area contributed by atoms with Crippen molar-refractivity contribution in [2.45, 2.75) is 44.1 Å². The quantitative estimate of drug-likeness (QED) is 0.544. The predicted molar refractivity (Wildman–Crippen MR) is 141 cm³/mol. The number of piperidine rings is 1. The van der Waals surface area contributed by atoms with Gasteiger partial charge >= 0.3 is 6.03 Å². The second-order valence-electron chi connectivity index (χ2n) is 9.89. The fourth-order valence-corrected chi connectivity index (χ4v) is 6.53. The molecule has 3 aliphatic rings. The molecule has 3 heterocycles. The smallest absolute Gasteiger partial charge is 0.336 e. The number of pyridine rings is 1. The number of nitroso groups, excluding NO2 is 1. The van der Waals surface area contributed by atoms with Crippen molar-refractivity contribution in [1.82, 2.24) is 20.1 Å². The Labute approximate surface area is 223 Å². The first-order valence-electron chi connectivity index (χ1n) is 12.5. The van der Waals surface area contributed by atoms with Crippen molar-refractivity contribution >= 4 is 39.5 Å². The van der Waals surface area contributed by atoms with Crippen LogP contribution in [0.5, 0.6) is 0 Å². The third-order valence-electron chi connectivity index (χ3n) is 7.78. The maximum atomic E-state index is 13.7. The maximum Gasteiger partial charge on any atom is 0.381 e. The standard InChI is InChI=1S/C26H29BrClN5O3/c27-19-12-18-2-1-17-13-20(28)3-4-21(17)24(25(18)30-14-19)22-15-29-7-10-33(22)23(34)11-16-5-8-32(9-6-16)26(35)31-36/h3-4,12-14,16,22,24,29H,1-2,5-11,15H2/t22?,24-/m0/s1. The number of urea groups is 1. The average Bonchev–Trinajstić information content (AvgIpc) is 3.04. The Kier molecular flexibility index (Phi) is 7.69. The van der Waals surface area contributed by atoms with Crippen molar-refractivity contribution in [3.05, 3.63) is 67.2 Å².